The summed E-state index contributed by atoms with van der Waals surface area (Å²) in [6, 6.07) is 15.8. The van der Waals surface area contributed by atoms with Gasteiger partial charge >= 0.3 is 18.0 Å². The van der Waals surface area contributed by atoms with Crippen molar-refractivity contribution < 1.29 is 27.2 Å². The summed E-state index contributed by atoms with van der Waals surface area (Å²) in [7, 11) is 0. The van der Waals surface area contributed by atoms with Crippen molar-refractivity contribution in [1.82, 2.24) is 19.7 Å². The number of hydrogen-bond donors (Lipinski definition) is 0. The molecule has 32 heavy (non-hydrogen) atoms. The fraction of sp³-hybridized carbons (Fsp3) is 0.182. The summed E-state index contributed by atoms with van der Waals surface area (Å²) in [6.45, 7) is 2.24. The number of benzene rings is 2. The minimum absolute atomic E-state index is 0.162. The highest BCUT2D eigenvalue weighted by Gasteiger charge is 2.38. The summed E-state index contributed by atoms with van der Waals surface area (Å²) in [6.07, 6.45) is -3.15. The van der Waals surface area contributed by atoms with Crippen molar-refractivity contribution in [3.8, 4) is 22.6 Å². The standard InChI is InChI=1S/C22H17F3N4O3/c1-2-31-20(30)18-17(15-6-4-3-5-7-15)26-13-29(18)12-14-8-10-16(11-9-14)19-27-21(32-28-19)22(23,24)25/h3-11,13H,2,12H2,1H3. The number of imidazole rings is 1. The first-order valence-electron chi connectivity index (χ1n) is 9.64. The van der Waals surface area contributed by atoms with Crippen LogP contribution in [0.2, 0.25) is 0 Å². The molecule has 4 rings (SSSR count). The van der Waals surface area contributed by atoms with Gasteiger partial charge in [0.2, 0.25) is 5.82 Å². The molecule has 7 nitrogen and oxygen atoms in total. The van der Waals surface area contributed by atoms with Gasteiger partial charge in [-0.3, -0.25) is 0 Å². The lowest BCUT2D eigenvalue weighted by molar-refractivity contribution is -0.159. The molecule has 0 radical (unpaired) electrons. The Hall–Kier alpha value is -3.95. The predicted molar refractivity (Wildman–Crippen MR) is 107 cm³/mol. The summed E-state index contributed by atoms with van der Waals surface area (Å²) >= 11 is 0. The van der Waals surface area contributed by atoms with Crippen LogP contribution in [0.3, 0.4) is 0 Å². The number of alkyl halides is 3. The van der Waals surface area contributed by atoms with Crippen molar-refractivity contribution in [1.29, 1.82) is 0 Å². The van der Waals surface area contributed by atoms with Crippen molar-refractivity contribution in [2.45, 2.75) is 19.6 Å². The molecule has 0 saturated carbocycles. The molecule has 0 amide bonds. The van der Waals surface area contributed by atoms with Crippen LogP contribution in [0.25, 0.3) is 22.6 Å². The Balaban J connectivity index is 1.61. The largest absolute Gasteiger partial charge is 0.471 e. The van der Waals surface area contributed by atoms with Crippen LogP contribution in [0.5, 0.6) is 0 Å². The predicted octanol–water partition coefficient (Wildman–Crippen LogP) is 4.84. The van der Waals surface area contributed by atoms with E-state index in [1.54, 1.807) is 42.1 Å². The van der Waals surface area contributed by atoms with Gasteiger partial charge in [-0.15, -0.1) is 0 Å². The molecule has 0 N–H and O–H groups in total. The molecule has 10 heteroatoms. The molecule has 0 spiro atoms. The van der Waals surface area contributed by atoms with E-state index < -0.39 is 18.0 Å². The molecule has 0 aliphatic heterocycles. The molecule has 0 aliphatic rings. The van der Waals surface area contributed by atoms with E-state index in [1.807, 2.05) is 30.3 Å². The molecule has 0 aliphatic carbocycles. The van der Waals surface area contributed by atoms with Crippen LogP contribution in [-0.2, 0) is 17.5 Å². The average Bonchev–Trinajstić information content (AvgIpc) is 3.43. The van der Waals surface area contributed by atoms with Gasteiger partial charge in [-0.25, -0.2) is 9.78 Å². The highest BCUT2D eigenvalue weighted by atomic mass is 19.4. The number of rotatable bonds is 6. The third-order valence-electron chi connectivity index (χ3n) is 4.59. The number of esters is 1. The zero-order valence-corrected chi connectivity index (χ0v) is 16.8. The van der Waals surface area contributed by atoms with Crippen molar-refractivity contribution in [3.63, 3.8) is 0 Å². The van der Waals surface area contributed by atoms with Gasteiger partial charge < -0.3 is 13.8 Å². The second-order valence-electron chi connectivity index (χ2n) is 6.77. The lowest BCUT2D eigenvalue weighted by Gasteiger charge is -2.10. The maximum Gasteiger partial charge on any atom is 0.471 e. The Morgan fingerprint density at radius 1 is 1.06 bits per heavy atom. The third-order valence-corrected chi connectivity index (χ3v) is 4.59. The van der Waals surface area contributed by atoms with Gasteiger partial charge in [-0.05, 0) is 12.5 Å². The first kappa shape index (κ1) is 21.3. The zero-order valence-electron chi connectivity index (χ0n) is 16.8. The zero-order chi connectivity index (χ0) is 22.7. The van der Waals surface area contributed by atoms with E-state index >= 15 is 0 Å². The van der Waals surface area contributed by atoms with E-state index in [2.05, 4.69) is 19.6 Å². The molecular formula is C22H17F3N4O3. The third kappa shape index (κ3) is 4.39. The Labute approximate surface area is 180 Å². The van der Waals surface area contributed by atoms with Crippen LogP contribution in [-0.4, -0.2) is 32.3 Å². The molecule has 164 valence electrons. The summed E-state index contributed by atoms with van der Waals surface area (Å²) in [5.74, 6) is -2.06. The number of hydrogen-bond acceptors (Lipinski definition) is 6. The second kappa shape index (κ2) is 8.66. The minimum atomic E-state index is -4.70. The van der Waals surface area contributed by atoms with E-state index in [4.69, 9.17) is 4.74 Å². The summed E-state index contributed by atoms with van der Waals surface area (Å²) in [5, 5.41) is 3.38. The van der Waals surface area contributed by atoms with Gasteiger partial charge in [0, 0.05) is 17.7 Å². The van der Waals surface area contributed by atoms with E-state index in [9.17, 15) is 18.0 Å². The number of nitrogens with zero attached hydrogens (tertiary/aromatic N) is 4. The maximum atomic E-state index is 12.7. The number of carbonyl (C=O) groups is 1. The maximum absolute atomic E-state index is 12.7. The second-order valence-corrected chi connectivity index (χ2v) is 6.77. The molecule has 2 heterocycles. The van der Waals surface area contributed by atoms with Crippen LogP contribution >= 0.6 is 0 Å². The number of aromatic nitrogens is 4. The fourth-order valence-electron chi connectivity index (χ4n) is 3.13. The monoisotopic (exact) mass is 442 g/mol. The van der Waals surface area contributed by atoms with Crippen molar-refractivity contribution >= 4 is 5.97 Å². The van der Waals surface area contributed by atoms with Gasteiger partial charge in [0.05, 0.1) is 12.9 Å². The SMILES string of the molecule is CCOC(=O)c1c(-c2ccccc2)ncn1Cc1ccc(-c2noc(C(F)(F)F)n2)cc1. The van der Waals surface area contributed by atoms with Gasteiger partial charge in [-0.1, -0.05) is 59.8 Å². The van der Waals surface area contributed by atoms with Crippen molar-refractivity contribution in [2.24, 2.45) is 0 Å². The fourth-order valence-corrected chi connectivity index (χ4v) is 3.13. The number of halogens is 3. The topological polar surface area (TPSA) is 83.0 Å². The molecule has 0 bridgehead atoms. The molecule has 0 fully saturated rings. The van der Waals surface area contributed by atoms with Crippen molar-refractivity contribution in [2.75, 3.05) is 6.61 Å². The van der Waals surface area contributed by atoms with Crippen LogP contribution < -0.4 is 0 Å². The van der Waals surface area contributed by atoms with Gasteiger partial charge in [0.15, 0.2) is 5.69 Å². The molecule has 0 unspecified atom stereocenters. The minimum Gasteiger partial charge on any atom is -0.461 e. The lowest BCUT2D eigenvalue weighted by atomic mass is 10.1. The van der Waals surface area contributed by atoms with Gasteiger partial charge in [-0.2, -0.15) is 18.2 Å². The Bertz CT molecular complexity index is 1220. The van der Waals surface area contributed by atoms with Crippen LogP contribution in [0.15, 0.2) is 65.4 Å². The van der Waals surface area contributed by atoms with Gasteiger partial charge in [0.25, 0.3) is 0 Å². The highest BCUT2D eigenvalue weighted by Crippen LogP contribution is 2.29. The van der Waals surface area contributed by atoms with Crippen molar-refractivity contribution in [3.05, 3.63) is 78.1 Å². The lowest BCUT2D eigenvalue weighted by Crippen LogP contribution is -2.13. The summed E-state index contributed by atoms with van der Waals surface area (Å²) < 4.78 is 49.1. The van der Waals surface area contributed by atoms with E-state index in [0.29, 0.717) is 23.5 Å². The smallest absolute Gasteiger partial charge is 0.461 e. The normalized spacial score (nSPS) is 11.5. The van der Waals surface area contributed by atoms with E-state index in [1.165, 1.54) is 0 Å². The summed E-state index contributed by atoms with van der Waals surface area (Å²) in [5.41, 5.74) is 2.76. The molecular weight excluding hydrogens is 425 g/mol. The quantitative estimate of drug-likeness (QED) is 0.397. The number of ether oxygens (including phenoxy) is 1. The van der Waals surface area contributed by atoms with Crippen LogP contribution in [0.4, 0.5) is 13.2 Å². The molecule has 0 atom stereocenters. The molecule has 2 aromatic carbocycles. The van der Waals surface area contributed by atoms with Gasteiger partial charge in [0.1, 0.15) is 5.69 Å². The van der Waals surface area contributed by atoms with Crippen LogP contribution in [0, 0.1) is 0 Å². The average molecular weight is 442 g/mol. The highest BCUT2D eigenvalue weighted by molar-refractivity contribution is 5.94. The van der Waals surface area contributed by atoms with Crippen LogP contribution in [0.1, 0.15) is 28.9 Å². The Morgan fingerprint density at radius 2 is 1.78 bits per heavy atom. The molecule has 4 aromatic rings. The summed E-state index contributed by atoms with van der Waals surface area (Å²) in [4.78, 5) is 20.4. The first-order valence-corrected chi connectivity index (χ1v) is 9.64. The Morgan fingerprint density at radius 3 is 2.41 bits per heavy atom. The van der Waals surface area contributed by atoms with E-state index in [0.717, 1.165) is 11.1 Å². The Kier molecular flexibility index (Phi) is 5.76. The molecule has 0 saturated heterocycles. The first-order chi connectivity index (χ1) is 15.4. The van der Waals surface area contributed by atoms with E-state index in [-0.39, 0.29) is 12.4 Å². The molecule has 2 aromatic heterocycles. The number of carbonyl (C=O) groups excluding carboxylic acids is 1.